The van der Waals surface area contributed by atoms with Crippen LogP contribution in [-0.2, 0) is 4.79 Å². The van der Waals surface area contributed by atoms with Crippen LogP contribution < -0.4 is 0 Å². The van der Waals surface area contributed by atoms with Crippen molar-refractivity contribution in [1.82, 2.24) is 0 Å². The molecule has 0 aromatic carbocycles. The molecule has 7 unspecified atom stereocenters. The number of fused-ring (bicyclic) bond motifs is 2. The van der Waals surface area contributed by atoms with Crippen LogP contribution in [-0.4, -0.2) is 5.78 Å². The van der Waals surface area contributed by atoms with Crippen LogP contribution in [0.4, 0.5) is 0 Å². The van der Waals surface area contributed by atoms with Crippen molar-refractivity contribution in [3.05, 3.63) is 0 Å². The van der Waals surface area contributed by atoms with Crippen LogP contribution in [0, 0.1) is 41.4 Å². The Hall–Kier alpha value is -0.330. The van der Waals surface area contributed by atoms with Crippen LogP contribution in [0.3, 0.4) is 0 Å². The second-order valence-corrected chi connectivity index (χ2v) is 9.94. The molecule has 0 aromatic heterocycles. The summed E-state index contributed by atoms with van der Waals surface area (Å²) in [5.41, 5.74) is 0. The standard InChI is InChI=1S/C23H38O.2C2H6/c1-2-3-16-4-5-18-13-19(7-6-17(18)12-16)20-8-9-22-15-23(24)11-10-21(22)14-20;2*1-2/h16-22H,2-15H2,1H3;2*1-2H3. The quantitative estimate of drug-likeness (QED) is 0.472. The molecule has 0 radical (unpaired) electrons. The van der Waals surface area contributed by atoms with E-state index in [0.29, 0.717) is 5.78 Å². The van der Waals surface area contributed by atoms with Crippen molar-refractivity contribution >= 4 is 5.78 Å². The fourth-order valence-corrected chi connectivity index (χ4v) is 7.28. The first-order chi connectivity index (χ1) is 13.7. The summed E-state index contributed by atoms with van der Waals surface area (Å²) in [5, 5.41) is 0. The van der Waals surface area contributed by atoms with Crippen molar-refractivity contribution in [2.75, 3.05) is 0 Å². The van der Waals surface area contributed by atoms with Gasteiger partial charge in [-0.15, -0.1) is 0 Å². The number of carbonyl (C=O) groups is 1. The molecule has 4 rings (SSSR count). The Bertz CT molecular complexity index is 442. The number of hydrogen-bond donors (Lipinski definition) is 0. The van der Waals surface area contributed by atoms with Crippen LogP contribution in [0.2, 0.25) is 0 Å². The molecular formula is C27H50O. The third-order valence-corrected chi connectivity index (χ3v) is 8.59. The molecule has 0 amide bonds. The van der Waals surface area contributed by atoms with Gasteiger partial charge in [0.2, 0.25) is 0 Å². The normalized spacial score (nSPS) is 40.0. The lowest BCUT2D eigenvalue weighted by molar-refractivity contribution is -0.123. The zero-order valence-corrected chi connectivity index (χ0v) is 19.8. The number of rotatable bonds is 3. The van der Waals surface area contributed by atoms with E-state index in [1.165, 1.54) is 51.4 Å². The van der Waals surface area contributed by atoms with E-state index in [1.807, 2.05) is 27.7 Å². The zero-order chi connectivity index (χ0) is 20.5. The SMILES string of the molecule is CC.CC.CCCC1CCC2CC(C3CCC4CC(=O)CCC4C3)CCC2C1. The van der Waals surface area contributed by atoms with Crippen molar-refractivity contribution in [3.8, 4) is 0 Å². The third-order valence-electron chi connectivity index (χ3n) is 8.59. The molecule has 4 saturated carbocycles. The van der Waals surface area contributed by atoms with Gasteiger partial charge >= 0.3 is 0 Å². The van der Waals surface area contributed by atoms with E-state index in [9.17, 15) is 4.79 Å². The van der Waals surface area contributed by atoms with Crippen LogP contribution >= 0.6 is 0 Å². The topological polar surface area (TPSA) is 17.1 Å². The summed E-state index contributed by atoms with van der Waals surface area (Å²) in [6.07, 6.45) is 19.4. The maximum absolute atomic E-state index is 11.7. The predicted molar refractivity (Wildman–Crippen MR) is 122 cm³/mol. The lowest BCUT2D eigenvalue weighted by Gasteiger charge is -2.47. The van der Waals surface area contributed by atoms with Crippen LogP contribution in [0.5, 0.6) is 0 Å². The Morgan fingerprint density at radius 1 is 0.643 bits per heavy atom. The van der Waals surface area contributed by atoms with Crippen molar-refractivity contribution in [3.63, 3.8) is 0 Å². The van der Waals surface area contributed by atoms with Gasteiger partial charge in [-0.2, -0.15) is 0 Å². The molecule has 4 aliphatic carbocycles. The van der Waals surface area contributed by atoms with Crippen LogP contribution in [0.25, 0.3) is 0 Å². The Labute approximate surface area is 176 Å². The Balaban J connectivity index is 0.000000660. The smallest absolute Gasteiger partial charge is 0.133 e. The highest BCUT2D eigenvalue weighted by Crippen LogP contribution is 2.51. The molecule has 28 heavy (non-hydrogen) atoms. The van der Waals surface area contributed by atoms with E-state index in [2.05, 4.69) is 6.92 Å². The highest BCUT2D eigenvalue weighted by molar-refractivity contribution is 5.79. The highest BCUT2D eigenvalue weighted by atomic mass is 16.1. The molecular weight excluding hydrogens is 340 g/mol. The van der Waals surface area contributed by atoms with E-state index in [4.69, 9.17) is 0 Å². The Kier molecular flexibility index (Phi) is 10.6. The van der Waals surface area contributed by atoms with Gasteiger partial charge in [0.05, 0.1) is 0 Å². The monoisotopic (exact) mass is 390 g/mol. The maximum atomic E-state index is 11.7. The van der Waals surface area contributed by atoms with Gasteiger partial charge in [0.1, 0.15) is 5.78 Å². The Morgan fingerprint density at radius 2 is 1.11 bits per heavy atom. The zero-order valence-electron chi connectivity index (χ0n) is 19.8. The number of hydrogen-bond acceptors (Lipinski definition) is 1. The lowest BCUT2D eigenvalue weighted by atomic mass is 9.58. The molecule has 4 fully saturated rings. The van der Waals surface area contributed by atoms with Crippen molar-refractivity contribution in [1.29, 1.82) is 0 Å². The summed E-state index contributed by atoms with van der Waals surface area (Å²) in [5.74, 6) is 7.48. The van der Waals surface area contributed by atoms with Gasteiger partial charge in [0.25, 0.3) is 0 Å². The third kappa shape index (κ3) is 6.09. The number of ketones is 1. The van der Waals surface area contributed by atoms with Gasteiger partial charge in [-0.1, -0.05) is 53.9 Å². The van der Waals surface area contributed by atoms with Gasteiger partial charge in [-0.3, -0.25) is 4.79 Å². The molecule has 0 bridgehead atoms. The molecule has 7 atom stereocenters. The molecule has 164 valence electrons. The largest absolute Gasteiger partial charge is 0.300 e. The fourth-order valence-electron chi connectivity index (χ4n) is 7.28. The van der Waals surface area contributed by atoms with E-state index < -0.39 is 0 Å². The summed E-state index contributed by atoms with van der Waals surface area (Å²) in [6, 6.07) is 0. The number of Topliss-reactive ketones (excluding diaryl/α,β-unsaturated/α-hetero) is 1. The second-order valence-electron chi connectivity index (χ2n) is 9.94. The van der Waals surface area contributed by atoms with Crippen molar-refractivity contribution in [2.45, 2.75) is 125 Å². The lowest BCUT2D eigenvalue weighted by Crippen LogP contribution is -2.37. The maximum Gasteiger partial charge on any atom is 0.133 e. The highest BCUT2D eigenvalue weighted by Gasteiger charge is 2.41. The van der Waals surface area contributed by atoms with Gasteiger partial charge in [0.15, 0.2) is 0 Å². The molecule has 0 spiro atoms. The molecule has 4 aliphatic rings. The Morgan fingerprint density at radius 3 is 1.68 bits per heavy atom. The molecule has 1 nitrogen and oxygen atoms in total. The predicted octanol–water partition coefficient (Wildman–Crippen LogP) is 8.46. The molecule has 0 aromatic rings. The summed E-state index contributed by atoms with van der Waals surface area (Å²) in [6.45, 7) is 10.4. The van der Waals surface area contributed by atoms with Crippen LogP contribution in [0.15, 0.2) is 0 Å². The van der Waals surface area contributed by atoms with Crippen molar-refractivity contribution in [2.24, 2.45) is 41.4 Å². The first-order valence-corrected chi connectivity index (χ1v) is 13.2. The fraction of sp³-hybridized carbons (Fsp3) is 0.963. The average molecular weight is 391 g/mol. The minimum Gasteiger partial charge on any atom is -0.300 e. The van der Waals surface area contributed by atoms with Gasteiger partial charge < -0.3 is 0 Å². The van der Waals surface area contributed by atoms with E-state index >= 15 is 0 Å². The molecule has 1 heteroatoms. The summed E-state index contributed by atoms with van der Waals surface area (Å²) < 4.78 is 0. The van der Waals surface area contributed by atoms with E-state index in [0.717, 1.165) is 54.3 Å². The van der Waals surface area contributed by atoms with Crippen molar-refractivity contribution < 1.29 is 4.79 Å². The molecule has 0 heterocycles. The molecule has 0 N–H and O–H groups in total. The molecule has 0 saturated heterocycles. The summed E-state index contributed by atoms with van der Waals surface area (Å²) in [7, 11) is 0. The molecule has 0 aliphatic heterocycles. The minimum absolute atomic E-state index is 0.555. The first kappa shape index (κ1) is 23.9. The van der Waals surface area contributed by atoms with E-state index in [1.54, 1.807) is 25.7 Å². The summed E-state index contributed by atoms with van der Waals surface area (Å²) in [4.78, 5) is 11.7. The van der Waals surface area contributed by atoms with Gasteiger partial charge in [0, 0.05) is 12.8 Å². The summed E-state index contributed by atoms with van der Waals surface area (Å²) >= 11 is 0. The average Bonchev–Trinajstić information content (AvgIpc) is 2.76. The van der Waals surface area contributed by atoms with Crippen LogP contribution in [0.1, 0.15) is 125 Å². The first-order valence-electron chi connectivity index (χ1n) is 13.2. The van der Waals surface area contributed by atoms with Gasteiger partial charge in [-0.25, -0.2) is 0 Å². The van der Waals surface area contributed by atoms with Gasteiger partial charge in [-0.05, 0) is 99.2 Å². The van der Waals surface area contributed by atoms with E-state index in [-0.39, 0.29) is 0 Å². The second kappa shape index (κ2) is 12.4. The number of carbonyl (C=O) groups excluding carboxylic acids is 1. The minimum atomic E-state index is 0.555.